The normalized spacial score (nSPS) is 11.8. The lowest BCUT2D eigenvalue weighted by molar-refractivity contribution is -0.306. The van der Waals surface area contributed by atoms with E-state index in [4.69, 9.17) is 0 Å². The molecule has 0 amide bonds. The van der Waals surface area contributed by atoms with Gasteiger partial charge in [-0.25, -0.2) is 0 Å². The molecule has 0 radical (unpaired) electrons. The van der Waals surface area contributed by atoms with E-state index >= 15 is 0 Å². The predicted octanol–water partition coefficient (Wildman–Crippen LogP) is 0.158. The summed E-state index contributed by atoms with van der Waals surface area (Å²) in [6.45, 7) is 0. The Morgan fingerprint density at radius 1 is 1.31 bits per heavy atom. The molecular formula is C12H13O4-. The predicted molar refractivity (Wildman–Crippen MR) is 55.3 cm³/mol. The molecule has 4 heteroatoms. The summed E-state index contributed by atoms with van der Waals surface area (Å²) in [5, 5.41) is 10.5. The molecule has 0 heterocycles. The Labute approximate surface area is 93.9 Å². The Bertz CT molecular complexity index is 359. The van der Waals surface area contributed by atoms with Gasteiger partial charge in [-0.05, 0) is 12.0 Å². The molecule has 0 saturated heterocycles. The highest BCUT2D eigenvalue weighted by Gasteiger charge is 2.19. The van der Waals surface area contributed by atoms with Gasteiger partial charge in [0.15, 0.2) is 0 Å². The number of methoxy groups -OCH3 is 1. The van der Waals surface area contributed by atoms with E-state index in [0.717, 1.165) is 5.56 Å². The number of ether oxygens (including phenoxy) is 1. The van der Waals surface area contributed by atoms with Gasteiger partial charge in [0.25, 0.3) is 0 Å². The summed E-state index contributed by atoms with van der Waals surface area (Å²) in [5.74, 6) is -2.45. The van der Waals surface area contributed by atoms with Crippen LogP contribution in [0.15, 0.2) is 30.3 Å². The van der Waals surface area contributed by atoms with Gasteiger partial charge in [0.05, 0.1) is 13.0 Å². The van der Waals surface area contributed by atoms with Crippen LogP contribution in [0.4, 0.5) is 0 Å². The standard InChI is InChI=1S/C12H14O4/c1-16-12(15)10(8-11(13)14)7-9-5-3-2-4-6-9/h2-6,10H,7-8H2,1H3,(H,13,14)/p-1/t10-/m0/s1. The van der Waals surface area contributed by atoms with Crippen LogP contribution in [0, 0.1) is 5.92 Å². The minimum atomic E-state index is -1.24. The van der Waals surface area contributed by atoms with E-state index in [-0.39, 0.29) is 6.42 Å². The van der Waals surface area contributed by atoms with Gasteiger partial charge in [-0.1, -0.05) is 30.3 Å². The molecule has 1 aromatic carbocycles. The molecule has 0 N–H and O–H groups in total. The van der Waals surface area contributed by atoms with Crippen LogP contribution in [0.3, 0.4) is 0 Å². The molecule has 4 nitrogen and oxygen atoms in total. The number of carboxylic acids is 1. The zero-order valence-electron chi connectivity index (χ0n) is 9.01. The fourth-order valence-corrected chi connectivity index (χ4v) is 1.51. The van der Waals surface area contributed by atoms with E-state index in [1.165, 1.54) is 7.11 Å². The number of benzene rings is 1. The quantitative estimate of drug-likeness (QED) is 0.664. The van der Waals surface area contributed by atoms with Gasteiger partial charge < -0.3 is 14.6 Å². The molecular weight excluding hydrogens is 208 g/mol. The highest BCUT2D eigenvalue weighted by Crippen LogP contribution is 2.13. The van der Waals surface area contributed by atoms with Crippen molar-refractivity contribution in [3.63, 3.8) is 0 Å². The van der Waals surface area contributed by atoms with Gasteiger partial charge in [-0.15, -0.1) is 0 Å². The first-order valence-corrected chi connectivity index (χ1v) is 4.95. The smallest absolute Gasteiger partial charge is 0.309 e. The van der Waals surface area contributed by atoms with E-state index in [1.807, 2.05) is 30.3 Å². The van der Waals surface area contributed by atoms with Crippen molar-refractivity contribution in [1.82, 2.24) is 0 Å². The number of carbonyl (C=O) groups is 2. The van der Waals surface area contributed by atoms with Crippen molar-refractivity contribution in [2.24, 2.45) is 5.92 Å². The third-order valence-electron chi connectivity index (χ3n) is 2.27. The van der Waals surface area contributed by atoms with Crippen molar-refractivity contribution in [3.8, 4) is 0 Å². The molecule has 1 aromatic rings. The van der Waals surface area contributed by atoms with Gasteiger partial charge in [-0.2, -0.15) is 0 Å². The molecule has 0 aliphatic carbocycles. The molecule has 0 aliphatic rings. The monoisotopic (exact) mass is 221 g/mol. The van der Waals surface area contributed by atoms with E-state index in [2.05, 4.69) is 4.74 Å². The highest BCUT2D eigenvalue weighted by molar-refractivity contribution is 5.78. The molecule has 0 fully saturated rings. The summed E-state index contributed by atoms with van der Waals surface area (Å²) in [6, 6.07) is 9.21. The van der Waals surface area contributed by atoms with Gasteiger partial charge in [-0.3, -0.25) is 4.79 Å². The Kier molecular flexibility index (Phi) is 4.51. The van der Waals surface area contributed by atoms with Crippen LogP contribution in [-0.2, 0) is 20.7 Å². The molecule has 0 bridgehead atoms. The summed E-state index contributed by atoms with van der Waals surface area (Å²) in [5.41, 5.74) is 0.902. The number of esters is 1. The maximum Gasteiger partial charge on any atom is 0.309 e. The van der Waals surface area contributed by atoms with E-state index < -0.39 is 17.9 Å². The summed E-state index contributed by atoms with van der Waals surface area (Å²) in [6.07, 6.45) is 0.0308. The molecule has 0 aliphatic heterocycles. The average Bonchev–Trinajstić information content (AvgIpc) is 2.28. The fraction of sp³-hybridized carbons (Fsp3) is 0.333. The van der Waals surface area contributed by atoms with Crippen molar-refractivity contribution >= 4 is 11.9 Å². The zero-order chi connectivity index (χ0) is 12.0. The number of rotatable bonds is 5. The number of carboxylic acid groups (broad SMARTS) is 1. The minimum Gasteiger partial charge on any atom is -0.550 e. The first-order valence-electron chi connectivity index (χ1n) is 4.95. The molecule has 0 aromatic heterocycles. The zero-order valence-corrected chi connectivity index (χ0v) is 9.01. The lowest BCUT2D eigenvalue weighted by Gasteiger charge is -2.14. The second-order valence-electron chi connectivity index (χ2n) is 3.49. The average molecular weight is 221 g/mol. The van der Waals surface area contributed by atoms with Gasteiger partial charge in [0.1, 0.15) is 0 Å². The molecule has 0 saturated carbocycles. The van der Waals surface area contributed by atoms with Crippen molar-refractivity contribution in [3.05, 3.63) is 35.9 Å². The van der Waals surface area contributed by atoms with E-state index in [9.17, 15) is 14.7 Å². The molecule has 1 rings (SSSR count). The highest BCUT2D eigenvalue weighted by atomic mass is 16.5. The second kappa shape index (κ2) is 5.90. The lowest BCUT2D eigenvalue weighted by Crippen LogP contribution is -2.30. The Morgan fingerprint density at radius 3 is 2.44 bits per heavy atom. The number of hydrogen-bond acceptors (Lipinski definition) is 4. The van der Waals surface area contributed by atoms with Crippen molar-refractivity contribution in [2.45, 2.75) is 12.8 Å². The Morgan fingerprint density at radius 2 is 1.94 bits per heavy atom. The molecule has 0 unspecified atom stereocenters. The largest absolute Gasteiger partial charge is 0.550 e. The van der Waals surface area contributed by atoms with Crippen LogP contribution in [0.2, 0.25) is 0 Å². The first-order chi connectivity index (χ1) is 7.63. The Hall–Kier alpha value is -1.84. The van der Waals surface area contributed by atoms with Crippen LogP contribution in [-0.4, -0.2) is 19.0 Å². The maximum absolute atomic E-state index is 11.3. The van der Waals surface area contributed by atoms with Crippen molar-refractivity contribution < 1.29 is 19.4 Å². The van der Waals surface area contributed by atoms with E-state index in [1.54, 1.807) is 0 Å². The van der Waals surface area contributed by atoms with E-state index in [0.29, 0.717) is 6.42 Å². The number of carbonyl (C=O) groups excluding carboxylic acids is 2. The van der Waals surface area contributed by atoms with Crippen LogP contribution in [0.1, 0.15) is 12.0 Å². The maximum atomic E-state index is 11.3. The van der Waals surface area contributed by atoms with Crippen molar-refractivity contribution in [2.75, 3.05) is 7.11 Å². The van der Waals surface area contributed by atoms with Gasteiger partial charge in [0, 0.05) is 12.4 Å². The summed E-state index contributed by atoms with van der Waals surface area (Å²) in [4.78, 5) is 21.8. The molecule has 16 heavy (non-hydrogen) atoms. The topological polar surface area (TPSA) is 66.4 Å². The number of aliphatic carboxylic acids is 1. The van der Waals surface area contributed by atoms with Crippen LogP contribution >= 0.6 is 0 Å². The van der Waals surface area contributed by atoms with Crippen LogP contribution < -0.4 is 5.11 Å². The second-order valence-corrected chi connectivity index (χ2v) is 3.49. The van der Waals surface area contributed by atoms with Crippen molar-refractivity contribution in [1.29, 1.82) is 0 Å². The number of hydrogen-bond donors (Lipinski definition) is 0. The summed E-state index contributed by atoms with van der Waals surface area (Å²) < 4.78 is 4.56. The summed E-state index contributed by atoms with van der Waals surface area (Å²) in [7, 11) is 1.25. The summed E-state index contributed by atoms with van der Waals surface area (Å²) >= 11 is 0. The third-order valence-corrected chi connectivity index (χ3v) is 2.27. The third kappa shape index (κ3) is 3.73. The first kappa shape index (κ1) is 12.2. The molecule has 1 atom stereocenters. The van der Waals surface area contributed by atoms with Gasteiger partial charge in [0.2, 0.25) is 0 Å². The molecule has 0 spiro atoms. The fourth-order valence-electron chi connectivity index (χ4n) is 1.51. The minimum absolute atomic E-state index is 0.318. The Balaban J connectivity index is 2.70. The molecule has 86 valence electrons. The lowest BCUT2D eigenvalue weighted by atomic mass is 9.96. The van der Waals surface area contributed by atoms with Crippen LogP contribution in [0.25, 0.3) is 0 Å². The van der Waals surface area contributed by atoms with Crippen LogP contribution in [0.5, 0.6) is 0 Å². The van der Waals surface area contributed by atoms with Gasteiger partial charge >= 0.3 is 5.97 Å². The SMILES string of the molecule is COC(=O)[C@H](CC(=O)[O-])Cc1ccccc1.